The molecule has 2 heterocycles. The highest BCUT2D eigenvalue weighted by atomic mass is 32.1. The molecule has 2 aromatic rings. The number of rotatable bonds is 0. The number of hydrogen-bond acceptors (Lipinski definition) is 4. The van der Waals surface area contributed by atoms with Crippen molar-refractivity contribution >= 4 is 29.1 Å². The van der Waals surface area contributed by atoms with E-state index in [0.717, 1.165) is 11.1 Å². The molecule has 2 rings (SSSR count). The average molecular weight is 181 g/mol. The molecule has 0 unspecified atom stereocenters. The standard InChI is InChI=1S/C6H7N5S/c1-2-3-4(7)8-6(12)9-5(3)11-10-2/h1H3,(H4,7,8,9,10,11,12). The van der Waals surface area contributed by atoms with Crippen molar-refractivity contribution in [1.82, 2.24) is 20.2 Å². The monoisotopic (exact) mass is 181 g/mol. The predicted octanol–water partition coefficient (Wildman–Crippen LogP) is 0.906. The van der Waals surface area contributed by atoms with Gasteiger partial charge in [-0.05, 0) is 19.1 Å². The third kappa shape index (κ3) is 0.884. The Morgan fingerprint density at radius 1 is 1.50 bits per heavy atom. The molecule has 0 bridgehead atoms. The Labute approximate surface area is 73.0 Å². The lowest BCUT2D eigenvalue weighted by Crippen LogP contribution is -1.93. The molecule has 12 heavy (non-hydrogen) atoms. The fourth-order valence-corrected chi connectivity index (χ4v) is 1.32. The Hall–Kier alpha value is -1.43. The number of fused-ring (bicyclic) bond motifs is 1. The molecule has 4 N–H and O–H groups in total. The molecule has 2 aromatic heterocycles. The van der Waals surface area contributed by atoms with Crippen molar-refractivity contribution in [3.63, 3.8) is 0 Å². The summed E-state index contributed by atoms with van der Waals surface area (Å²) in [5.74, 6) is 0.417. The molecule has 0 aliphatic rings. The molecule has 0 saturated carbocycles. The lowest BCUT2D eigenvalue weighted by atomic mass is 10.3. The molecule has 5 nitrogen and oxygen atoms in total. The smallest absolute Gasteiger partial charge is 0.200 e. The van der Waals surface area contributed by atoms with E-state index in [-0.39, 0.29) is 0 Å². The maximum absolute atomic E-state index is 5.64. The average Bonchev–Trinajstić information content (AvgIpc) is 2.31. The largest absolute Gasteiger partial charge is 0.383 e. The first kappa shape index (κ1) is 7.23. The third-order valence-corrected chi connectivity index (χ3v) is 1.84. The maximum Gasteiger partial charge on any atom is 0.200 e. The van der Waals surface area contributed by atoms with Gasteiger partial charge in [-0.1, -0.05) is 0 Å². The van der Waals surface area contributed by atoms with E-state index in [2.05, 4.69) is 20.2 Å². The minimum atomic E-state index is 0.353. The molecule has 0 aromatic carbocycles. The number of hydrogen-bond donors (Lipinski definition) is 3. The van der Waals surface area contributed by atoms with Gasteiger partial charge in [-0.2, -0.15) is 5.10 Å². The molecule has 0 aliphatic carbocycles. The van der Waals surface area contributed by atoms with Gasteiger partial charge in [-0.25, -0.2) is 4.98 Å². The van der Waals surface area contributed by atoms with Gasteiger partial charge in [0.05, 0.1) is 5.39 Å². The van der Waals surface area contributed by atoms with Crippen LogP contribution in [0.2, 0.25) is 0 Å². The van der Waals surface area contributed by atoms with E-state index >= 15 is 0 Å². The molecule has 0 fully saturated rings. The zero-order chi connectivity index (χ0) is 8.72. The second-order valence-electron chi connectivity index (χ2n) is 2.50. The molecular formula is C6H7N5S. The zero-order valence-electron chi connectivity index (χ0n) is 6.38. The molecule has 0 saturated heterocycles. The van der Waals surface area contributed by atoms with Crippen LogP contribution in [0, 0.1) is 11.7 Å². The van der Waals surface area contributed by atoms with Crippen LogP contribution < -0.4 is 5.73 Å². The summed E-state index contributed by atoms with van der Waals surface area (Å²) in [5, 5.41) is 7.58. The number of nitrogen functional groups attached to an aromatic ring is 1. The van der Waals surface area contributed by atoms with E-state index in [1.54, 1.807) is 0 Å². The van der Waals surface area contributed by atoms with E-state index < -0.39 is 0 Å². The van der Waals surface area contributed by atoms with Gasteiger partial charge in [0.2, 0.25) is 0 Å². The van der Waals surface area contributed by atoms with Gasteiger partial charge in [0.1, 0.15) is 5.82 Å². The maximum atomic E-state index is 5.64. The SMILES string of the molecule is Cc1[nH]nc2[nH]c(=S)nc(N)c12. The van der Waals surface area contributed by atoms with Crippen molar-refractivity contribution in [2.24, 2.45) is 0 Å². The van der Waals surface area contributed by atoms with Gasteiger partial charge in [0.25, 0.3) is 0 Å². The summed E-state index contributed by atoms with van der Waals surface area (Å²) < 4.78 is 0.353. The third-order valence-electron chi connectivity index (χ3n) is 1.65. The van der Waals surface area contributed by atoms with Gasteiger partial charge >= 0.3 is 0 Å². The molecule has 0 amide bonds. The second kappa shape index (κ2) is 2.28. The van der Waals surface area contributed by atoms with Gasteiger partial charge in [0.15, 0.2) is 10.4 Å². The molecule has 0 radical (unpaired) electrons. The fraction of sp³-hybridized carbons (Fsp3) is 0.167. The molecular weight excluding hydrogens is 174 g/mol. The summed E-state index contributed by atoms with van der Waals surface area (Å²) in [6.07, 6.45) is 0. The Morgan fingerprint density at radius 2 is 2.25 bits per heavy atom. The first-order valence-corrected chi connectivity index (χ1v) is 3.80. The molecule has 0 aliphatic heterocycles. The lowest BCUT2D eigenvalue weighted by Gasteiger charge is -1.93. The summed E-state index contributed by atoms with van der Waals surface area (Å²) >= 11 is 4.84. The van der Waals surface area contributed by atoms with E-state index in [0.29, 0.717) is 16.2 Å². The summed E-state index contributed by atoms with van der Waals surface area (Å²) in [6.45, 7) is 1.88. The molecule has 0 atom stereocenters. The van der Waals surface area contributed by atoms with Crippen LogP contribution in [0.25, 0.3) is 11.0 Å². The Kier molecular flexibility index (Phi) is 1.37. The summed E-state index contributed by atoms with van der Waals surface area (Å²) in [7, 11) is 0. The quantitative estimate of drug-likeness (QED) is 0.527. The van der Waals surface area contributed by atoms with Crippen LogP contribution in [0.3, 0.4) is 0 Å². The second-order valence-corrected chi connectivity index (χ2v) is 2.89. The Bertz CT molecular complexity index is 482. The minimum absolute atomic E-state index is 0.353. The fourth-order valence-electron chi connectivity index (χ4n) is 1.13. The minimum Gasteiger partial charge on any atom is -0.383 e. The lowest BCUT2D eigenvalue weighted by molar-refractivity contribution is 1.05. The number of anilines is 1. The highest BCUT2D eigenvalue weighted by Gasteiger charge is 2.05. The van der Waals surface area contributed by atoms with E-state index in [1.807, 2.05) is 6.92 Å². The van der Waals surface area contributed by atoms with Crippen LogP contribution in [0.5, 0.6) is 0 Å². The highest BCUT2D eigenvalue weighted by Crippen LogP contribution is 2.17. The van der Waals surface area contributed by atoms with E-state index in [9.17, 15) is 0 Å². The van der Waals surface area contributed by atoms with Crippen molar-refractivity contribution in [1.29, 1.82) is 0 Å². The number of aromatic amines is 2. The normalized spacial score (nSPS) is 10.8. The van der Waals surface area contributed by atoms with Crippen LogP contribution >= 0.6 is 12.2 Å². The number of nitrogens with zero attached hydrogens (tertiary/aromatic N) is 2. The van der Waals surface area contributed by atoms with Crippen molar-refractivity contribution in [3.8, 4) is 0 Å². The van der Waals surface area contributed by atoms with Crippen LogP contribution in [0.1, 0.15) is 5.69 Å². The molecule has 62 valence electrons. The van der Waals surface area contributed by atoms with Gasteiger partial charge in [-0.15, -0.1) is 0 Å². The number of nitrogens with two attached hydrogens (primary N) is 1. The van der Waals surface area contributed by atoms with Crippen molar-refractivity contribution in [2.45, 2.75) is 6.92 Å². The summed E-state index contributed by atoms with van der Waals surface area (Å²) in [5.41, 5.74) is 7.19. The highest BCUT2D eigenvalue weighted by molar-refractivity contribution is 7.71. The first-order valence-electron chi connectivity index (χ1n) is 3.39. The first-order chi connectivity index (χ1) is 5.68. The summed E-state index contributed by atoms with van der Waals surface area (Å²) in [4.78, 5) is 6.74. The number of H-pyrrole nitrogens is 2. The molecule has 0 spiro atoms. The number of aryl methyl sites for hydroxylation is 1. The molecule has 6 heteroatoms. The van der Waals surface area contributed by atoms with Crippen molar-refractivity contribution in [2.75, 3.05) is 5.73 Å². The van der Waals surface area contributed by atoms with E-state index in [1.165, 1.54) is 0 Å². The van der Waals surface area contributed by atoms with Crippen LogP contribution in [0.15, 0.2) is 0 Å². The Morgan fingerprint density at radius 3 is 3.00 bits per heavy atom. The van der Waals surface area contributed by atoms with Gasteiger partial charge in [-0.3, -0.25) is 5.10 Å². The van der Waals surface area contributed by atoms with Gasteiger partial charge < -0.3 is 10.7 Å². The number of aromatic nitrogens is 4. The van der Waals surface area contributed by atoms with E-state index in [4.69, 9.17) is 18.0 Å². The van der Waals surface area contributed by atoms with Gasteiger partial charge in [0, 0.05) is 5.69 Å². The topological polar surface area (TPSA) is 83.4 Å². The van der Waals surface area contributed by atoms with Crippen LogP contribution in [0.4, 0.5) is 5.82 Å². The van der Waals surface area contributed by atoms with Crippen molar-refractivity contribution in [3.05, 3.63) is 10.5 Å². The summed E-state index contributed by atoms with van der Waals surface area (Å²) in [6, 6.07) is 0. The predicted molar refractivity (Wildman–Crippen MR) is 48.2 cm³/mol. The van der Waals surface area contributed by atoms with Crippen LogP contribution in [-0.2, 0) is 0 Å². The van der Waals surface area contributed by atoms with Crippen LogP contribution in [-0.4, -0.2) is 20.2 Å². The van der Waals surface area contributed by atoms with Crippen molar-refractivity contribution < 1.29 is 0 Å². The number of nitrogens with one attached hydrogen (secondary N) is 2. The zero-order valence-corrected chi connectivity index (χ0v) is 7.20. The Balaban J connectivity index is 3.02.